The molecule has 4 amide bonds. The number of carbonyl (C=O) groups is 4. The Morgan fingerprint density at radius 1 is 0.393 bits per heavy atom. The fraction of sp³-hybridized carbons (Fsp3) is 0.434. The summed E-state index contributed by atoms with van der Waals surface area (Å²) < 4.78 is 22.2. The zero-order valence-electron chi connectivity index (χ0n) is 83.3. The van der Waals surface area contributed by atoms with Crippen LogP contribution in [0.2, 0.25) is 0 Å². The molecule has 1 atom stereocenters. The quantitative estimate of drug-likeness (QED) is 0.0449. The lowest BCUT2D eigenvalue weighted by Gasteiger charge is -2.54. The van der Waals surface area contributed by atoms with Crippen LogP contribution in [-0.4, -0.2) is 442 Å². The van der Waals surface area contributed by atoms with E-state index in [0.29, 0.717) is 74.9 Å². The summed E-state index contributed by atoms with van der Waals surface area (Å²) in [4.78, 5) is 71.8. The molecule has 6 aliphatic rings. The Hall–Kier alpha value is -6.59. The van der Waals surface area contributed by atoms with Crippen molar-refractivity contribution in [1.82, 2.24) is 45.2 Å². The second kappa shape index (κ2) is 53.7. The van der Waals surface area contributed by atoms with Gasteiger partial charge < -0.3 is 49.2 Å². The highest BCUT2D eigenvalue weighted by molar-refractivity contribution is 8.32. The van der Waals surface area contributed by atoms with Gasteiger partial charge in [0.05, 0.1) is 21.3 Å². The smallest absolute Gasteiger partial charge is 0.410 e. The van der Waals surface area contributed by atoms with E-state index in [9.17, 15) is 19.2 Å². The van der Waals surface area contributed by atoms with Crippen molar-refractivity contribution in [2.24, 2.45) is 16.2 Å². The molecule has 3 fully saturated rings. The number of likely N-dealkylation sites (tertiary alicyclic amines) is 1. The first-order valence-corrected chi connectivity index (χ1v) is 49.2. The minimum Gasteiger partial charge on any atom is -0.497 e. The molecule has 140 heavy (non-hydrogen) atoms. The number of fused-ring (bicyclic) bond motifs is 3. The van der Waals surface area contributed by atoms with Gasteiger partial charge in [0.15, 0.2) is 0 Å². The number of nitrogens with zero attached hydrogens (tertiary/aromatic N) is 7. The lowest BCUT2D eigenvalue weighted by atomic mass is 8.27. The minimum absolute atomic E-state index is 0.00656. The molecule has 4 aromatic carbocycles. The van der Waals surface area contributed by atoms with Crippen molar-refractivity contribution in [2.45, 2.75) is 118 Å². The van der Waals surface area contributed by atoms with E-state index in [1.165, 1.54) is 51.8 Å². The van der Waals surface area contributed by atoms with Gasteiger partial charge in [-0.2, -0.15) is 0 Å². The highest BCUT2D eigenvalue weighted by Crippen LogP contribution is 2.52. The lowest BCUT2D eigenvalue weighted by molar-refractivity contribution is 0.0719. The first kappa shape index (κ1) is 115. The normalized spacial score (nSPS) is 15.2. The molecule has 42 radical (unpaired) electrons. The Bertz CT molecular complexity index is 5090. The molecule has 646 valence electrons. The van der Waals surface area contributed by atoms with Crippen LogP contribution >= 0.6 is 0 Å². The predicted octanol–water partition coefficient (Wildman–Crippen LogP) is -1.30. The Morgan fingerprint density at radius 2 is 0.750 bits per heavy atom. The molecule has 0 saturated carbocycles. The van der Waals surface area contributed by atoms with Crippen molar-refractivity contribution in [2.75, 3.05) is 99.9 Å². The number of nitrogens with one attached hydrogen (secondary N) is 2. The molecule has 3 aromatic heterocycles. The van der Waals surface area contributed by atoms with Gasteiger partial charge in [-0.3, -0.25) is 29.3 Å². The Labute approximate surface area is 871 Å². The van der Waals surface area contributed by atoms with E-state index in [-0.39, 0.29) is 47.2 Å². The molecule has 6 heterocycles. The summed E-state index contributed by atoms with van der Waals surface area (Å²) in [5.41, 5.74) is 16.1. The number of methoxy groups -OCH3 is 3. The summed E-state index contributed by atoms with van der Waals surface area (Å²) >= 11 is 0. The first-order valence-electron chi connectivity index (χ1n) is 49.2. The molecule has 2 N–H and O–H groups in total. The molecule has 17 nitrogen and oxygen atoms in total. The van der Waals surface area contributed by atoms with Crippen LogP contribution in [0.3, 0.4) is 0 Å². The Morgan fingerprint density at radius 3 is 1.10 bits per heavy atom. The fourth-order valence-electron chi connectivity index (χ4n) is 22.2. The van der Waals surface area contributed by atoms with Gasteiger partial charge in [-0.25, -0.2) is 4.79 Å². The van der Waals surface area contributed by atoms with Crippen LogP contribution in [0, 0.1) is 16.2 Å². The summed E-state index contributed by atoms with van der Waals surface area (Å²) in [7, 11) is 136. The number of ether oxygens (including phenoxy) is 4. The number of hydrogen-bond acceptors (Lipinski definition) is 13. The summed E-state index contributed by atoms with van der Waals surface area (Å²) in [5, 5.41) is 7.01. The van der Waals surface area contributed by atoms with Crippen molar-refractivity contribution in [3.63, 3.8) is 0 Å². The second-order valence-corrected chi connectivity index (χ2v) is 38.5. The molecular formula is C83H101B40N9O8. The molecule has 0 bridgehead atoms. The van der Waals surface area contributed by atoms with E-state index >= 15 is 0 Å². The predicted molar refractivity (Wildman–Crippen MR) is 624 cm³/mol. The van der Waals surface area contributed by atoms with Gasteiger partial charge in [-0.15, -0.1) is 0 Å². The third-order valence-corrected chi connectivity index (χ3v) is 29.8. The fourth-order valence-corrected chi connectivity index (χ4v) is 22.2. The molecule has 3 spiro atoms. The topological polar surface area (TPSA) is 181 Å². The molecule has 7 aromatic rings. The van der Waals surface area contributed by atoms with E-state index in [1.807, 2.05) is 130 Å². The van der Waals surface area contributed by atoms with Gasteiger partial charge in [-0.1, -0.05) is 78.9 Å². The lowest BCUT2D eigenvalue weighted by Crippen LogP contribution is -2.92. The highest BCUT2D eigenvalue weighted by Gasteiger charge is 2.58. The van der Waals surface area contributed by atoms with Gasteiger partial charge in [0.2, 0.25) is 0 Å². The first-order chi connectivity index (χ1) is 66.7. The molecule has 1 unspecified atom stereocenters. The summed E-state index contributed by atoms with van der Waals surface area (Å²) in [6.45, 7) is 21.8. The average Bonchev–Trinajstić information content (AvgIpc) is 0.750. The Balaban J connectivity index is 0.000000194. The van der Waals surface area contributed by atoms with E-state index < -0.39 is 121 Å². The molecule has 3 aliphatic carbocycles. The number of amides is 4. The van der Waals surface area contributed by atoms with Crippen LogP contribution < -0.4 is 24.8 Å². The third-order valence-electron chi connectivity index (χ3n) is 29.8. The second-order valence-electron chi connectivity index (χ2n) is 38.5. The van der Waals surface area contributed by atoms with Crippen LogP contribution in [0.4, 0.5) is 4.79 Å². The minimum atomic E-state index is -1.25. The number of hydrogen-bond donors (Lipinski definition) is 2. The number of piperidine rings is 3. The molecule has 13 rings (SSSR count). The number of benzene rings is 4. The van der Waals surface area contributed by atoms with E-state index in [0.717, 1.165) is 123 Å². The summed E-state index contributed by atoms with van der Waals surface area (Å²) in [6.07, 6.45) is -0.971. The maximum Gasteiger partial charge on any atom is 0.410 e. The zero-order chi connectivity index (χ0) is 102. The zero-order valence-corrected chi connectivity index (χ0v) is 83.3. The van der Waals surface area contributed by atoms with Crippen LogP contribution in [-0.2, 0) is 30.6 Å². The van der Waals surface area contributed by atoms with Gasteiger partial charge in [0, 0.05) is 372 Å². The number of rotatable bonds is 35. The average molecular weight is 1790 g/mol. The summed E-state index contributed by atoms with van der Waals surface area (Å²) in [5.74, 6) is 2.79. The van der Waals surface area contributed by atoms with Gasteiger partial charge in [0.1, 0.15) is 40.9 Å². The largest absolute Gasteiger partial charge is 0.497 e. The third kappa shape index (κ3) is 28.6. The van der Waals surface area contributed by atoms with Crippen molar-refractivity contribution in [3.8, 4) is 17.2 Å². The monoisotopic (exact) mass is 1790 g/mol. The van der Waals surface area contributed by atoms with Crippen molar-refractivity contribution in [3.05, 3.63) is 225 Å². The maximum absolute atomic E-state index is 12.8. The van der Waals surface area contributed by atoms with E-state index in [4.69, 9.17) is 181 Å². The van der Waals surface area contributed by atoms with Crippen LogP contribution in [0.15, 0.2) is 152 Å². The van der Waals surface area contributed by atoms with Crippen LogP contribution in [0.1, 0.15) is 180 Å². The molecule has 57 heteroatoms. The maximum atomic E-state index is 12.8. The standard InChI is InChI=1S/C33H37N3O4.C25H33N3O2.C25H31N3O2.B40/c1-4-35(5-2)31(37)30-14-12-26(22-34-30)29-21-33(20-25-11-13-27(39-3)19-28(25)29)15-17-36(18-16-33)32(38)40-23-24-9-7-6-8-10-24;2*1-4-28(5-2)24(29)23-9-7-19(17-27-23)22-16-25(10-12-26-13-11-25)15-18-6-8-20(30-3)14-21(18)22;1-22(2)32(21)37(31(19)20)40(38(33(23(3)4)24(5)6)34(25(7)8)26(9)10)39(35(27(11)12)28(13)14)36(29(15)16)30(17)18/h6-14,19,21-22H,4-5,15-18,20,23H2,1-3H3;6-9,14,17,22,26H,4-5,10-13,15-16H2,1-3H3;6-9,14,16-17,26H,4-5,10-13,15H2,1-3H3;. The number of allylic oxidation sites excluding steroid dienone is 2. The van der Waals surface area contributed by atoms with Gasteiger partial charge in [-0.05, 0) is 258 Å². The highest BCUT2D eigenvalue weighted by atomic mass is 16.6. The Kier molecular flexibility index (Phi) is 44.2. The number of carbonyl (C=O) groups excluding carboxylic acids is 4. The summed E-state index contributed by atoms with van der Waals surface area (Å²) in [6, 6.07) is 40.6. The van der Waals surface area contributed by atoms with Crippen molar-refractivity contribution >= 4 is 319 Å². The van der Waals surface area contributed by atoms with Crippen molar-refractivity contribution in [1.29, 1.82) is 0 Å². The van der Waals surface area contributed by atoms with E-state index in [2.05, 4.69) is 92.3 Å². The van der Waals surface area contributed by atoms with E-state index in [1.54, 1.807) is 37.3 Å². The van der Waals surface area contributed by atoms with Crippen molar-refractivity contribution < 1.29 is 38.1 Å². The van der Waals surface area contributed by atoms with Crippen LogP contribution in [0.5, 0.6) is 17.2 Å². The molecule has 3 aliphatic heterocycles. The van der Waals surface area contributed by atoms with Gasteiger partial charge >= 0.3 is 6.09 Å². The van der Waals surface area contributed by atoms with Gasteiger partial charge in [0.25, 0.3) is 17.7 Å². The number of pyridine rings is 3. The molecular weight excluding hydrogens is 1680 g/mol. The van der Waals surface area contributed by atoms with Crippen LogP contribution in [0.25, 0.3) is 11.1 Å². The molecule has 3 saturated heterocycles. The number of aromatic nitrogens is 3. The SMILES string of the molecule is CCN(CC)C(=O)c1ccc(C2=CC3(CCN(C(=O)OCc4ccccc4)CC3)Cc3ccc(OC)cc32)cn1.CCN(CC)C(=O)c1ccc(C2=CC3(CCNCC3)Cc3ccc(OC)cc32)cn1.CCN(CC)C(=O)c1ccc(C2CC3(CCNCC3)Cc3ccc(OC)cc32)cn1.[B]B([B])B([B])B(B([B])[B])B(B(B(B([B])[B])B([B])[B])B(B([B])[B])B([B])[B])B(B(B([B])[B])B([B])[B])B(B([B])[B])B([B])[B].